The van der Waals surface area contributed by atoms with Crippen LogP contribution in [0.25, 0.3) is 10.9 Å². The van der Waals surface area contributed by atoms with Crippen molar-refractivity contribution in [3.05, 3.63) is 65.3 Å². The Hall–Kier alpha value is -2.33. The molecule has 3 aromatic rings. The van der Waals surface area contributed by atoms with Crippen molar-refractivity contribution in [2.75, 3.05) is 26.2 Å². The number of pyridine rings is 1. The molecule has 10 heteroatoms. The fourth-order valence-electron chi connectivity index (χ4n) is 3.65. The fourth-order valence-corrected chi connectivity index (χ4v) is 5.39. The highest BCUT2D eigenvalue weighted by atomic mass is 35.5. The maximum absolute atomic E-state index is 13.0. The van der Waals surface area contributed by atoms with Gasteiger partial charge >= 0.3 is 6.61 Å². The molecule has 1 aliphatic heterocycles. The summed E-state index contributed by atoms with van der Waals surface area (Å²) in [6.07, 6.45) is 1.76. The fraction of sp³-hybridized carbons (Fsp3) is 0.286. The van der Waals surface area contributed by atoms with E-state index in [0.29, 0.717) is 32.7 Å². The van der Waals surface area contributed by atoms with Gasteiger partial charge in [0.25, 0.3) is 0 Å². The van der Waals surface area contributed by atoms with Crippen molar-refractivity contribution in [3.63, 3.8) is 0 Å². The third-order valence-electron chi connectivity index (χ3n) is 5.20. The lowest BCUT2D eigenvalue weighted by atomic mass is 10.1. The highest BCUT2D eigenvalue weighted by molar-refractivity contribution is 7.89. The van der Waals surface area contributed by atoms with E-state index >= 15 is 0 Å². The van der Waals surface area contributed by atoms with Crippen LogP contribution in [0, 0.1) is 0 Å². The van der Waals surface area contributed by atoms with Crippen LogP contribution in [0.1, 0.15) is 5.56 Å². The molecule has 1 aliphatic rings. The van der Waals surface area contributed by atoms with E-state index in [1.165, 1.54) is 10.4 Å². The zero-order valence-electron chi connectivity index (χ0n) is 16.4. The number of sulfonamides is 1. The van der Waals surface area contributed by atoms with Crippen LogP contribution < -0.4 is 4.74 Å². The molecule has 0 radical (unpaired) electrons. The van der Waals surface area contributed by atoms with Crippen LogP contribution in [0.4, 0.5) is 8.78 Å². The Kier molecular flexibility index (Phi) is 6.38. The van der Waals surface area contributed by atoms with Crippen LogP contribution in [-0.2, 0) is 16.6 Å². The first kappa shape index (κ1) is 21.9. The van der Waals surface area contributed by atoms with E-state index in [9.17, 15) is 17.2 Å². The highest BCUT2D eigenvalue weighted by Crippen LogP contribution is 2.30. The predicted octanol–water partition coefficient (Wildman–Crippen LogP) is 4.00. The standard InChI is InChI=1S/C21H20ClF2N3O3S/c22-18-13-17(6-7-19(18)30-21(23)24)31(28,29)27-11-9-26(10-12-27)14-16-4-1-3-15-5-2-8-25-20(15)16/h1-8,13,21H,9-12,14H2. The molecule has 1 fully saturated rings. The summed E-state index contributed by atoms with van der Waals surface area (Å²) in [5, 5.41) is 0.890. The molecular formula is C21H20ClF2N3O3S. The minimum Gasteiger partial charge on any atom is -0.433 e. The van der Waals surface area contributed by atoms with Crippen molar-refractivity contribution in [3.8, 4) is 5.75 Å². The second kappa shape index (κ2) is 9.04. The number of nitrogens with zero attached hydrogens (tertiary/aromatic N) is 3. The number of alkyl halides is 2. The normalized spacial score (nSPS) is 16.1. The Morgan fingerprint density at radius 1 is 1.06 bits per heavy atom. The average molecular weight is 468 g/mol. The van der Waals surface area contributed by atoms with Gasteiger partial charge in [-0.05, 0) is 29.8 Å². The second-order valence-electron chi connectivity index (χ2n) is 7.14. The molecule has 0 aliphatic carbocycles. The third kappa shape index (κ3) is 4.79. The van der Waals surface area contributed by atoms with E-state index in [0.717, 1.165) is 28.6 Å². The Labute approximate surface area is 184 Å². The van der Waals surface area contributed by atoms with Gasteiger partial charge in [0, 0.05) is 44.3 Å². The van der Waals surface area contributed by atoms with Gasteiger partial charge in [-0.25, -0.2) is 8.42 Å². The first-order chi connectivity index (χ1) is 14.8. The summed E-state index contributed by atoms with van der Waals surface area (Å²) < 4.78 is 56.4. The van der Waals surface area contributed by atoms with Crippen LogP contribution in [0.15, 0.2) is 59.6 Å². The minimum absolute atomic E-state index is 0.0502. The number of fused-ring (bicyclic) bond motifs is 1. The molecule has 6 nitrogen and oxygen atoms in total. The molecule has 0 amide bonds. The van der Waals surface area contributed by atoms with Crippen molar-refractivity contribution < 1.29 is 21.9 Å². The molecule has 0 unspecified atom stereocenters. The van der Waals surface area contributed by atoms with Gasteiger partial charge in [-0.2, -0.15) is 13.1 Å². The molecule has 0 atom stereocenters. The van der Waals surface area contributed by atoms with E-state index in [1.54, 1.807) is 6.20 Å². The van der Waals surface area contributed by atoms with Crippen molar-refractivity contribution in [1.29, 1.82) is 0 Å². The number of piperazine rings is 1. The maximum atomic E-state index is 13.0. The molecular weight excluding hydrogens is 448 g/mol. The first-order valence-electron chi connectivity index (χ1n) is 9.64. The number of ether oxygens (including phenoxy) is 1. The van der Waals surface area contributed by atoms with Gasteiger partial charge in [-0.3, -0.25) is 9.88 Å². The van der Waals surface area contributed by atoms with Gasteiger partial charge in [0.15, 0.2) is 0 Å². The van der Waals surface area contributed by atoms with Gasteiger partial charge in [0.2, 0.25) is 10.0 Å². The minimum atomic E-state index is -3.79. The summed E-state index contributed by atoms with van der Waals surface area (Å²) in [6.45, 7) is -0.620. The van der Waals surface area contributed by atoms with Crippen LogP contribution >= 0.6 is 11.6 Å². The van der Waals surface area contributed by atoms with Gasteiger partial charge < -0.3 is 4.74 Å². The molecule has 0 saturated carbocycles. The summed E-state index contributed by atoms with van der Waals surface area (Å²) in [7, 11) is -3.79. The van der Waals surface area contributed by atoms with Crippen LogP contribution in [0.5, 0.6) is 5.75 Å². The molecule has 0 bridgehead atoms. The Morgan fingerprint density at radius 2 is 1.81 bits per heavy atom. The zero-order valence-corrected chi connectivity index (χ0v) is 18.0. The van der Waals surface area contributed by atoms with Crippen molar-refractivity contribution in [1.82, 2.24) is 14.2 Å². The Bertz CT molecular complexity index is 1180. The van der Waals surface area contributed by atoms with E-state index in [1.807, 2.05) is 30.3 Å². The quantitative estimate of drug-likeness (QED) is 0.548. The second-order valence-corrected chi connectivity index (χ2v) is 9.49. The molecule has 164 valence electrons. The molecule has 1 saturated heterocycles. The number of hydrogen-bond acceptors (Lipinski definition) is 5. The van der Waals surface area contributed by atoms with Crippen LogP contribution in [0.3, 0.4) is 0 Å². The van der Waals surface area contributed by atoms with E-state index in [2.05, 4.69) is 14.6 Å². The SMILES string of the molecule is O=S(=O)(c1ccc(OC(F)F)c(Cl)c1)N1CCN(Cc2cccc3cccnc23)CC1. The third-order valence-corrected chi connectivity index (χ3v) is 7.39. The van der Waals surface area contributed by atoms with Gasteiger partial charge in [-0.15, -0.1) is 0 Å². The number of rotatable bonds is 6. The lowest BCUT2D eigenvalue weighted by Gasteiger charge is -2.34. The molecule has 31 heavy (non-hydrogen) atoms. The average Bonchev–Trinajstić information content (AvgIpc) is 2.75. The predicted molar refractivity (Wildman–Crippen MR) is 114 cm³/mol. The molecule has 2 heterocycles. The Balaban J connectivity index is 1.44. The summed E-state index contributed by atoms with van der Waals surface area (Å²) in [4.78, 5) is 6.60. The first-order valence-corrected chi connectivity index (χ1v) is 11.5. The van der Waals surface area contributed by atoms with Gasteiger partial charge in [0.1, 0.15) is 5.75 Å². The van der Waals surface area contributed by atoms with Crippen LogP contribution in [-0.4, -0.2) is 55.4 Å². The smallest absolute Gasteiger partial charge is 0.387 e. The van der Waals surface area contributed by atoms with Crippen LogP contribution in [0.2, 0.25) is 5.02 Å². The van der Waals surface area contributed by atoms with E-state index < -0.39 is 16.6 Å². The highest BCUT2D eigenvalue weighted by Gasteiger charge is 2.29. The summed E-state index contributed by atoms with van der Waals surface area (Å²) in [6, 6.07) is 13.5. The van der Waals surface area contributed by atoms with E-state index in [4.69, 9.17) is 11.6 Å². The molecule has 1 aromatic heterocycles. The lowest BCUT2D eigenvalue weighted by molar-refractivity contribution is -0.0498. The Morgan fingerprint density at radius 3 is 2.52 bits per heavy atom. The van der Waals surface area contributed by atoms with Crippen molar-refractivity contribution in [2.45, 2.75) is 18.1 Å². The van der Waals surface area contributed by atoms with E-state index in [-0.39, 0.29) is 15.7 Å². The zero-order chi connectivity index (χ0) is 22.0. The molecule has 2 aromatic carbocycles. The number of hydrogen-bond donors (Lipinski definition) is 0. The number of halogens is 3. The largest absolute Gasteiger partial charge is 0.433 e. The summed E-state index contributed by atoms with van der Waals surface area (Å²) >= 11 is 5.92. The molecule has 0 N–H and O–H groups in total. The summed E-state index contributed by atoms with van der Waals surface area (Å²) in [5.41, 5.74) is 2.04. The topological polar surface area (TPSA) is 62.7 Å². The maximum Gasteiger partial charge on any atom is 0.387 e. The number of para-hydroxylation sites is 1. The van der Waals surface area contributed by atoms with Gasteiger partial charge in [0.05, 0.1) is 15.4 Å². The van der Waals surface area contributed by atoms with Crippen molar-refractivity contribution >= 4 is 32.5 Å². The molecule has 4 rings (SSSR count). The van der Waals surface area contributed by atoms with Crippen molar-refractivity contribution in [2.24, 2.45) is 0 Å². The molecule has 0 spiro atoms. The lowest BCUT2D eigenvalue weighted by Crippen LogP contribution is -2.48. The monoisotopic (exact) mass is 467 g/mol. The number of aromatic nitrogens is 1. The van der Waals surface area contributed by atoms with Gasteiger partial charge in [-0.1, -0.05) is 35.9 Å². The summed E-state index contributed by atoms with van der Waals surface area (Å²) in [5.74, 6) is -0.260. The number of benzene rings is 2.